The van der Waals surface area contributed by atoms with Gasteiger partial charge in [-0.15, -0.1) is 0 Å². The van der Waals surface area contributed by atoms with Crippen molar-refractivity contribution in [2.24, 2.45) is 0 Å². The Morgan fingerprint density at radius 2 is 1.72 bits per heavy atom. The summed E-state index contributed by atoms with van der Waals surface area (Å²) in [4.78, 5) is 38.3. The molecule has 0 spiro atoms. The van der Waals surface area contributed by atoms with Gasteiger partial charge in [0, 0.05) is 31.7 Å². The summed E-state index contributed by atoms with van der Waals surface area (Å²) in [6, 6.07) is 9.86. The molecule has 7 heteroatoms. The molecule has 1 fully saturated rings. The number of carbonyl (C=O) groups is 3. The summed E-state index contributed by atoms with van der Waals surface area (Å²) in [6.07, 6.45) is 2.21. The van der Waals surface area contributed by atoms with Crippen molar-refractivity contribution < 1.29 is 23.5 Å². The van der Waals surface area contributed by atoms with Gasteiger partial charge in [-0.3, -0.25) is 14.4 Å². The molecule has 1 aromatic carbocycles. The van der Waals surface area contributed by atoms with Crippen LogP contribution in [0.3, 0.4) is 0 Å². The first-order chi connectivity index (χ1) is 12.2. The van der Waals surface area contributed by atoms with Gasteiger partial charge in [0.1, 0.15) is 12.0 Å². The molecule has 1 aliphatic rings. The molecule has 2 amide bonds. The number of hydrogen-bond acceptors (Lipinski definition) is 5. The Labute approximate surface area is 144 Å². The van der Waals surface area contributed by atoms with E-state index in [1.807, 2.05) is 0 Å². The molecule has 1 saturated heterocycles. The van der Waals surface area contributed by atoms with E-state index in [0.29, 0.717) is 43.3 Å². The minimum absolute atomic E-state index is 0.0768. The first-order valence-electron chi connectivity index (χ1n) is 7.96. The van der Waals surface area contributed by atoms with Crippen LogP contribution in [0.25, 0.3) is 0 Å². The van der Waals surface area contributed by atoms with Crippen molar-refractivity contribution in [2.45, 2.75) is 0 Å². The van der Waals surface area contributed by atoms with Crippen LogP contribution < -0.4 is 4.74 Å². The molecule has 1 aliphatic heterocycles. The highest BCUT2D eigenvalue weighted by molar-refractivity contribution is 5.91. The molecular weight excluding hydrogens is 324 g/mol. The second-order valence-corrected chi connectivity index (χ2v) is 5.63. The third-order valence-electron chi connectivity index (χ3n) is 4.03. The van der Waals surface area contributed by atoms with Gasteiger partial charge in [0.25, 0.3) is 11.8 Å². The molecule has 0 radical (unpaired) electrons. The molecule has 1 aromatic heterocycles. The van der Waals surface area contributed by atoms with Crippen molar-refractivity contribution in [3.8, 4) is 5.75 Å². The summed E-state index contributed by atoms with van der Waals surface area (Å²) in [6.45, 7) is 1.75. The van der Waals surface area contributed by atoms with Crippen LogP contribution in [0, 0.1) is 0 Å². The Balaban J connectivity index is 1.46. The van der Waals surface area contributed by atoms with E-state index in [2.05, 4.69) is 0 Å². The Morgan fingerprint density at radius 3 is 2.32 bits per heavy atom. The van der Waals surface area contributed by atoms with Crippen LogP contribution in [0.15, 0.2) is 47.1 Å². The lowest BCUT2D eigenvalue weighted by Crippen LogP contribution is -2.51. The predicted molar refractivity (Wildman–Crippen MR) is 88.5 cm³/mol. The summed E-state index contributed by atoms with van der Waals surface area (Å²) >= 11 is 0. The first-order valence-corrected chi connectivity index (χ1v) is 7.96. The Bertz CT molecular complexity index is 731. The van der Waals surface area contributed by atoms with Crippen molar-refractivity contribution in [3.63, 3.8) is 0 Å². The number of rotatable bonds is 5. The van der Waals surface area contributed by atoms with Gasteiger partial charge in [-0.05, 0) is 36.4 Å². The van der Waals surface area contributed by atoms with Crippen molar-refractivity contribution in [2.75, 3.05) is 32.8 Å². The number of aldehydes is 1. The van der Waals surface area contributed by atoms with E-state index in [1.165, 1.54) is 6.26 Å². The average molecular weight is 342 g/mol. The second-order valence-electron chi connectivity index (χ2n) is 5.63. The lowest BCUT2D eigenvalue weighted by molar-refractivity contribution is -0.134. The lowest BCUT2D eigenvalue weighted by atomic mass is 10.2. The third kappa shape index (κ3) is 4.06. The molecule has 0 saturated carbocycles. The van der Waals surface area contributed by atoms with Crippen molar-refractivity contribution in [1.82, 2.24) is 9.80 Å². The van der Waals surface area contributed by atoms with Crippen LogP contribution in [0.2, 0.25) is 0 Å². The van der Waals surface area contributed by atoms with E-state index in [1.54, 1.807) is 46.2 Å². The summed E-state index contributed by atoms with van der Waals surface area (Å²) in [5, 5.41) is 0. The van der Waals surface area contributed by atoms with E-state index in [-0.39, 0.29) is 18.4 Å². The number of hydrogen-bond donors (Lipinski definition) is 0. The maximum absolute atomic E-state index is 12.2. The zero-order valence-corrected chi connectivity index (χ0v) is 13.6. The van der Waals surface area contributed by atoms with Crippen LogP contribution >= 0.6 is 0 Å². The molecule has 130 valence electrons. The molecule has 2 heterocycles. The summed E-state index contributed by atoms with van der Waals surface area (Å²) in [5.74, 6) is 0.542. The first kappa shape index (κ1) is 16.8. The van der Waals surface area contributed by atoms with E-state index < -0.39 is 0 Å². The highest BCUT2D eigenvalue weighted by Crippen LogP contribution is 2.12. The number of piperazine rings is 1. The SMILES string of the molecule is O=Cc1ccc(OCC(=O)N2CCN(C(=O)c3ccco3)CC2)cc1. The van der Waals surface area contributed by atoms with Crippen molar-refractivity contribution in [1.29, 1.82) is 0 Å². The standard InChI is InChI=1S/C18H18N2O5/c21-12-14-3-5-15(6-4-14)25-13-17(22)19-7-9-20(10-8-19)18(23)16-2-1-11-24-16/h1-6,11-12H,7-10,13H2. The largest absolute Gasteiger partial charge is 0.484 e. The monoisotopic (exact) mass is 342 g/mol. The maximum atomic E-state index is 12.2. The van der Waals surface area contributed by atoms with Crippen LogP contribution in [0.5, 0.6) is 5.75 Å². The van der Waals surface area contributed by atoms with Crippen molar-refractivity contribution >= 4 is 18.1 Å². The Kier molecular flexibility index (Phi) is 5.13. The van der Waals surface area contributed by atoms with Gasteiger partial charge in [0.2, 0.25) is 0 Å². The number of benzene rings is 1. The van der Waals surface area contributed by atoms with Gasteiger partial charge in [-0.25, -0.2) is 0 Å². The molecular formula is C18H18N2O5. The number of nitrogens with zero attached hydrogens (tertiary/aromatic N) is 2. The van der Waals surface area contributed by atoms with E-state index in [4.69, 9.17) is 9.15 Å². The summed E-state index contributed by atoms with van der Waals surface area (Å²) in [5.41, 5.74) is 0.552. The topological polar surface area (TPSA) is 80.1 Å². The summed E-state index contributed by atoms with van der Waals surface area (Å²) < 4.78 is 10.6. The van der Waals surface area contributed by atoms with Gasteiger partial charge in [0.05, 0.1) is 6.26 Å². The van der Waals surface area contributed by atoms with E-state index >= 15 is 0 Å². The number of carbonyl (C=O) groups excluding carboxylic acids is 3. The van der Waals surface area contributed by atoms with Crippen LogP contribution in [0.1, 0.15) is 20.9 Å². The zero-order chi connectivity index (χ0) is 17.6. The molecule has 3 rings (SSSR count). The molecule has 0 aliphatic carbocycles. The molecule has 0 bridgehead atoms. The second kappa shape index (κ2) is 7.65. The molecule has 7 nitrogen and oxygen atoms in total. The molecule has 0 unspecified atom stereocenters. The van der Waals surface area contributed by atoms with Gasteiger partial charge >= 0.3 is 0 Å². The zero-order valence-electron chi connectivity index (χ0n) is 13.6. The smallest absolute Gasteiger partial charge is 0.289 e. The third-order valence-corrected chi connectivity index (χ3v) is 4.03. The lowest BCUT2D eigenvalue weighted by Gasteiger charge is -2.34. The quantitative estimate of drug-likeness (QED) is 0.769. The van der Waals surface area contributed by atoms with Gasteiger partial charge in [0.15, 0.2) is 12.4 Å². The summed E-state index contributed by atoms with van der Waals surface area (Å²) in [7, 11) is 0. The van der Waals surface area contributed by atoms with Crippen LogP contribution in [-0.4, -0.2) is 60.7 Å². The number of furan rings is 1. The fraction of sp³-hybridized carbons (Fsp3) is 0.278. The van der Waals surface area contributed by atoms with Gasteiger partial charge in [-0.1, -0.05) is 0 Å². The van der Waals surface area contributed by atoms with Crippen molar-refractivity contribution in [3.05, 3.63) is 54.0 Å². The highest BCUT2D eigenvalue weighted by Gasteiger charge is 2.26. The van der Waals surface area contributed by atoms with Crippen LogP contribution in [0.4, 0.5) is 0 Å². The van der Waals surface area contributed by atoms with Gasteiger partial charge < -0.3 is 19.0 Å². The molecule has 25 heavy (non-hydrogen) atoms. The Morgan fingerprint density at radius 1 is 1.04 bits per heavy atom. The average Bonchev–Trinajstić information content (AvgIpc) is 3.21. The molecule has 0 N–H and O–H groups in total. The minimum Gasteiger partial charge on any atom is -0.484 e. The molecule has 2 aromatic rings. The number of ether oxygens (including phenoxy) is 1. The maximum Gasteiger partial charge on any atom is 0.289 e. The van der Waals surface area contributed by atoms with E-state index in [0.717, 1.165) is 6.29 Å². The van der Waals surface area contributed by atoms with E-state index in [9.17, 15) is 14.4 Å². The predicted octanol–water partition coefficient (Wildman–Crippen LogP) is 1.46. The number of amides is 2. The van der Waals surface area contributed by atoms with Crippen LogP contribution in [-0.2, 0) is 4.79 Å². The molecule has 0 atom stereocenters. The minimum atomic E-state index is -0.163. The van der Waals surface area contributed by atoms with Gasteiger partial charge in [-0.2, -0.15) is 0 Å². The highest BCUT2D eigenvalue weighted by atomic mass is 16.5. The fourth-order valence-corrected chi connectivity index (χ4v) is 2.59. The Hall–Kier alpha value is -3.09. The fourth-order valence-electron chi connectivity index (χ4n) is 2.59. The normalized spacial score (nSPS) is 14.2.